The number of hydrogen-bond donors (Lipinski definition) is 1. The molecule has 1 aliphatic rings. The van der Waals surface area contributed by atoms with Gasteiger partial charge in [-0.05, 0) is 49.1 Å². The first kappa shape index (κ1) is 20.0. The molecule has 3 aromatic rings. The van der Waals surface area contributed by atoms with E-state index in [2.05, 4.69) is 10.2 Å². The number of phenolic OH excluding ortho intramolecular Hbond substituents is 1. The summed E-state index contributed by atoms with van der Waals surface area (Å²) in [5, 5.41) is 18.4. The molecular formula is C22H21F2N3O3. The van der Waals surface area contributed by atoms with Gasteiger partial charge < -0.3 is 14.4 Å². The summed E-state index contributed by atoms with van der Waals surface area (Å²) in [7, 11) is 1.59. The second-order valence-corrected chi connectivity index (χ2v) is 7.43. The van der Waals surface area contributed by atoms with Gasteiger partial charge in [0, 0.05) is 36.5 Å². The molecule has 6 nitrogen and oxygen atoms in total. The maximum absolute atomic E-state index is 14.7. The molecule has 30 heavy (non-hydrogen) atoms. The molecule has 1 N–H and O–H groups in total. The number of hydrogen-bond acceptors (Lipinski definition) is 5. The molecule has 0 bridgehead atoms. The first-order valence-electron chi connectivity index (χ1n) is 9.77. The molecule has 0 amide bonds. The molecule has 4 rings (SSSR count). The van der Waals surface area contributed by atoms with Crippen molar-refractivity contribution in [1.82, 2.24) is 14.8 Å². The Morgan fingerprint density at radius 2 is 1.90 bits per heavy atom. The number of halogens is 2. The summed E-state index contributed by atoms with van der Waals surface area (Å²) in [4.78, 5) is 11.8. The maximum Gasteiger partial charge on any atom is 0.250 e. The molecule has 2 heterocycles. The van der Waals surface area contributed by atoms with Crippen molar-refractivity contribution in [3.05, 3.63) is 58.8 Å². The number of aromatic nitrogens is 3. The van der Waals surface area contributed by atoms with Gasteiger partial charge in [0.05, 0.1) is 5.69 Å². The lowest BCUT2D eigenvalue weighted by Crippen LogP contribution is -2.32. The van der Waals surface area contributed by atoms with Crippen LogP contribution in [0.25, 0.3) is 22.4 Å². The van der Waals surface area contributed by atoms with Crippen LogP contribution in [-0.2, 0) is 7.05 Å². The van der Waals surface area contributed by atoms with E-state index < -0.39 is 18.1 Å². The molecule has 1 fully saturated rings. The Labute approximate surface area is 171 Å². The van der Waals surface area contributed by atoms with E-state index in [-0.39, 0.29) is 34.0 Å². The highest BCUT2D eigenvalue weighted by atomic mass is 19.1. The highest BCUT2D eigenvalue weighted by Crippen LogP contribution is 2.35. The van der Waals surface area contributed by atoms with E-state index in [1.54, 1.807) is 13.1 Å². The van der Waals surface area contributed by atoms with Crippen LogP contribution >= 0.6 is 0 Å². The molecule has 0 spiro atoms. The molecule has 0 aliphatic heterocycles. The Bertz CT molecular complexity index is 1120. The summed E-state index contributed by atoms with van der Waals surface area (Å²) >= 11 is 0. The van der Waals surface area contributed by atoms with Crippen LogP contribution in [0.15, 0.2) is 47.4 Å². The Balaban J connectivity index is 1.58. The van der Waals surface area contributed by atoms with Crippen molar-refractivity contribution < 1.29 is 18.6 Å². The van der Waals surface area contributed by atoms with Crippen molar-refractivity contribution in [3.63, 3.8) is 0 Å². The topological polar surface area (TPSA) is 77.2 Å². The van der Waals surface area contributed by atoms with Gasteiger partial charge in [-0.1, -0.05) is 6.42 Å². The SMILES string of the molecule is Cn1ccc(-c2cc(O)c(-c3ccc(O[C@@H]4CCCC[C@@H]4F)nn3)cc2F)cc1=O. The Kier molecular flexibility index (Phi) is 5.48. The first-order valence-corrected chi connectivity index (χ1v) is 9.77. The fourth-order valence-electron chi connectivity index (χ4n) is 3.57. The summed E-state index contributed by atoms with van der Waals surface area (Å²) in [6.07, 6.45) is 2.82. The van der Waals surface area contributed by atoms with Crippen LogP contribution in [0.1, 0.15) is 25.7 Å². The van der Waals surface area contributed by atoms with E-state index in [1.165, 1.54) is 35.0 Å². The molecule has 156 valence electrons. The Morgan fingerprint density at radius 3 is 2.60 bits per heavy atom. The summed E-state index contributed by atoms with van der Waals surface area (Å²) < 4.78 is 35.6. The lowest BCUT2D eigenvalue weighted by Gasteiger charge is -2.25. The highest BCUT2D eigenvalue weighted by molar-refractivity contribution is 5.74. The molecule has 0 unspecified atom stereocenters. The predicted octanol–water partition coefficient (Wildman–Crippen LogP) is 4.01. The third-order valence-corrected chi connectivity index (χ3v) is 5.31. The van der Waals surface area contributed by atoms with Crippen LogP contribution in [0.5, 0.6) is 11.6 Å². The maximum atomic E-state index is 14.7. The minimum absolute atomic E-state index is 0.105. The monoisotopic (exact) mass is 413 g/mol. The second-order valence-electron chi connectivity index (χ2n) is 7.43. The van der Waals surface area contributed by atoms with Gasteiger partial charge in [0.2, 0.25) is 5.88 Å². The van der Waals surface area contributed by atoms with Gasteiger partial charge in [-0.15, -0.1) is 10.2 Å². The summed E-state index contributed by atoms with van der Waals surface area (Å²) in [5.41, 5.74) is 0.578. The van der Waals surface area contributed by atoms with E-state index >= 15 is 0 Å². The van der Waals surface area contributed by atoms with Gasteiger partial charge in [-0.25, -0.2) is 8.78 Å². The Morgan fingerprint density at radius 1 is 1.10 bits per heavy atom. The van der Waals surface area contributed by atoms with Crippen molar-refractivity contribution in [2.45, 2.75) is 38.0 Å². The normalized spacial score (nSPS) is 18.9. The third kappa shape index (κ3) is 4.03. The Hall–Kier alpha value is -3.29. The molecule has 0 saturated heterocycles. The molecule has 2 aromatic heterocycles. The quantitative estimate of drug-likeness (QED) is 0.699. The van der Waals surface area contributed by atoms with Gasteiger partial charge in [-0.2, -0.15) is 0 Å². The second kappa shape index (κ2) is 8.22. The average Bonchev–Trinajstić information content (AvgIpc) is 2.74. The molecule has 1 aromatic carbocycles. The van der Waals surface area contributed by atoms with Gasteiger partial charge in [0.1, 0.15) is 23.8 Å². The lowest BCUT2D eigenvalue weighted by molar-refractivity contribution is 0.0594. The predicted molar refractivity (Wildman–Crippen MR) is 108 cm³/mol. The minimum atomic E-state index is -1.03. The number of benzene rings is 1. The van der Waals surface area contributed by atoms with E-state index in [4.69, 9.17) is 4.74 Å². The van der Waals surface area contributed by atoms with Gasteiger partial charge in [0.15, 0.2) is 0 Å². The van der Waals surface area contributed by atoms with Crippen LogP contribution in [0, 0.1) is 5.82 Å². The fourth-order valence-corrected chi connectivity index (χ4v) is 3.57. The van der Waals surface area contributed by atoms with Crippen molar-refractivity contribution in [3.8, 4) is 34.0 Å². The number of ether oxygens (including phenoxy) is 1. The van der Waals surface area contributed by atoms with Crippen molar-refractivity contribution >= 4 is 0 Å². The fraction of sp³-hybridized carbons (Fsp3) is 0.318. The van der Waals surface area contributed by atoms with Crippen molar-refractivity contribution in [2.24, 2.45) is 7.05 Å². The van der Waals surface area contributed by atoms with Gasteiger partial charge in [0.25, 0.3) is 5.56 Å². The summed E-state index contributed by atoms with van der Waals surface area (Å²) in [6, 6.07) is 8.34. The summed E-state index contributed by atoms with van der Waals surface area (Å²) in [6.45, 7) is 0. The van der Waals surface area contributed by atoms with E-state index in [1.807, 2.05) is 0 Å². The standard InChI is InChI=1S/C22H21F2N3O3/c1-27-9-8-13(10-22(27)29)14-12-19(28)15(11-17(14)24)18-6-7-21(26-25-18)30-20-5-3-2-4-16(20)23/h6-12,16,20,28H,2-5H2,1H3/t16-,20+/m0/s1. The van der Waals surface area contributed by atoms with Crippen LogP contribution in [0.3, 0.4) is 0 Å². The number of nitrogens with zero attached hydrogens (tertiary/aromatic N) is 3. The van der Waals surface area contributed by atoms with Gasteiger partial charge in [-0.3, -0.25) is 4.79 Å². The zero-order chi connectivity index (χ0) is 21.3. The lowest BCUT2D eigenvalue weighted by atomic mass is 9.96. The van der Waals surface area contributed by atoms with Crippen molar-refractivity contribution in [2.75, 3.05) is 0 Å². The molecule has 0 radical (unpaired) electrons. The first-order chi connectivity index (χ1) is 14.4. The number of aromatic hydroxyl groups is 1. The van der Waals surface area contributed by atoms with Crippen LogP contribution in [-0.4, -0.2) is 32.1 Å². The zero-order valence-corrected chi connectivity index (χ0v) is 16.4. The van der Waals surface area contributed by atoms with E-state index in [9.17, 15) is 18.7 Å². The minimum Gasteiger partial charge on any atom is -0.507 e. The molecular weight excluding hydrogens is 392 g/mol. The van der Waals surface area contributed by atoms with Crippen LogP contribution in [0.2, 0.25) is 0 Å². The average molecular weight is 413 g/mol. The zero-order valence-electron chi connectivity index (χ0n) is 16.4. The van der Waals surface area contributed by atoms with Crippen molar-refractivity contribution in [1.29, 1.82) is 0 Å². The van der Waals surface area contributed by atoms with Crippen LogP contribution < -0.4 is 10.3 Å². The van der Waals surface area contributed by atoms with Gasteiger partial charge >= 0.3 is 0 Å². The third-order valence-electron chi connectivity index (χ3n) is 5.31. The number of alkyl halides is 1. The number of pyridine rings is 1. The highest BCUT2D eigenvalue weighted by Gasteiger charge is 2.27. The number of rotatable bonds is 4. The van der Waals surface area contributed by atoms with E-state index in [0.29, 0.717) is 18.4 Å². The molecule has 2 atom stereocenters. The molecule has 1 saturated carbocycles. The summed E-state index contributed by atoms with van der Waals surface area (Å²) in [5.74, 6) is -0.628. The van der Waals surface area contributed by atoms with E-state index in [0.717, 1.165) is 18.9 Å². The molecule has 1 aliphatic carbocycles. The number of aryl methyl sites for hydroxylation is 1. The van der Waals surface area contributed by atoms with Crippen LogP contribution in [0.4, 0.5) is 8.78 Å². The number of phenols is 1. The molecule has 8 heteroatoms. The smallest absolute Gasteiger partial charge is 0.250 e. The largest absolute Gasteiger partial charge is 0.507 e.